The molecule has 4 N–H and O–H groups in total. The van der Waals surface area contributed by atoms with Crippen LogP contribution in [0.2, 0.25) is 10.0 Å². The number of rotatable bonds is 10. The van der Waals surface area contributed by atoms with Crippen molar-refractivity contribution in [1.82, 2.24) is 10.2 Å². The Bertz CT molecular complexity index is 1210. The van der Waals surface area contributed by atoms with E-state index in [-0.39, 0.29) is 38.6 Å². The molecule has 206 valence electrons. The summed E-state index contributed by atoms with van der Waals surface area (Å²) in [4.78, 5) is 27.2. The van der Waals surface area contributed by atoms with Crippen LogP contribution in [0.3, 0.4) is 0 Å². The van der Waals surface area contributed by atoms with Gasteiger partial charge in [0.1, 0.15) is 12.2 Å². The highest BCUT2D eigenvalue weighted by atomic mass is 127. The van der Waals surface area contributed by atoms with E-state index in [2.05, 4.69) is 5.32 Å². The van der Waals surface area contributed by atoms with Crippen molar-refractivity contribution in [1.29, 1.82) is 0 Å². The van der Waals surface area contributed by atoms with Crippen LogP contribution in [0.15, 0.2) is 42.0 Å². The van der Waals surface area contributed by atoms with Crippen molar-refractivity contribution in [3.8, 4) is 11.5 Å². The Balaban J connectivity index is 2.00. The molecule has 0 fully saturated rings. The second-order valence-corrected chi connectivity index (χ2v) is 10.7. The van der Waals surface area contributed by atoms with Crippen molar-refractivity contribution < 1.29 is 34.4 Å². The number of aliphatic hydroxyl groups excluding tert-OH is 3. The lowest BCUT2D eigenvalue weighted by Crippen LogP contribution is -2.54. The third kappa shape index (κ3) is 7.30. The average molecular weight is 679 g/mol. The first-order valence-corrected chi connectivity index (χ1v) is 13.6. The van der Waals surface area contributed by atoms with Gasteiger partial charge in [-0.2, -0.15) is 0 Å². The molecule has 0 spiro atoms. The summed E-state index contributed by atoms with van der Waals surface area (Å²) in [7, 11) is 1.46. The molecule has 1 aliphatic rings. The van der Waals surface area contributed by atoms with Gasteiger partial charge >= 0.3 is 0 Å². The lowest BCUT2D eigenvalue weighted by atomic mass is 9.88. The maximum Gasteiger partial charge on any atom is 0.247 e. The number of hydrogen-bond donors (Lipinski definition) is 4. The molecule has 3 rings (SSSR count). The summed E-state index contributed by atoms with van der Waals surface area (Å²) in [5, 5.41) is 33.5. The first-order chi connectivity index (χ1) is 18.1. The lowest BCUT2D eigenvalue weighted by Gasteiger charge is -2.40. The molecule has 0 saturated heterocycles. The molecule has 0 bridgehead atoms. The average Bonchev–Trinajstić information content (AvgIpc) is 2.89. The van der Waals surface area contributed by atoms with Crippen LogP contribution in [0.25, 0.3) is 0 Å². The molecule has 0 aliphatic heterocycles. The second-order valence-electron chi connectivity index (χ2n) is 8.68. The van der Waals surface area contributed by atoms with Crippen molar-refractivity contribution >= 4 is 57.6 Å². The van der Waals surface area contributed by atoms with Gasteiger partial charge in [-0.1, -0.05) is 29.3 Å². The highest BCUT2D eigenvalue weighted by molar-refractivity contribution is 14.1. The van der Waals surface area contributed by atoms with Crippen molar-refractivity contribution in [2.75, 3.05) is 20.3 Å². The van der Waals surface area contributed by atoms with Gasteiger partial charge in [-0.3, -0.25) is 9.59 Å². The van der Waals surface area contributed by atoms with E-state index in [0.717, 1.165) is 0 Å². The van der Waals surface area contributed by atoms with Crippen LogP contribution in [-0.2, 0) is 22.7 Å². The SMILES string of the molecule is COc1cc(CO)cc(I)c1OC1C=C(C(=O)NCCO)CC(N(Cc2ccc(Cl)c(Cl)c2)C(C)=O)C1O. The van der Waals surface area contributed by atoms with Crippen molar-refractivity contribution in [2.45, 2.75) is 44.7 Å². The van der Waals surface area contributed by atoms with Gasteiger partial charge in [0, 0.05) is 32.0 Å². The van der Waals surface area contributed by atoms with E-state index in [9.17, 15) is 19.8 Å². The Morgan fingerprint density at radius 2 is 1.89 bits per heavy atom. The van der Waals surface area contributed by atoms with Crippen LogP contribution >= 0.6 is 45.8 Å². The lowest BCUT2D eigenvalue weighted by molar-refractivity contribution is -0.137. The van der Waals surface area contributed by atoms with Crippen molar-refractivity contribution in [3.05, 3.63) is 66.7 Å². The Labute approximate surface area is 244 Å². The number of amides is 2. The summed E-state index contributed by atoms with van der Waals surface area (Å²) in [5.41, 5.74) is 1.60. The van der Waals surface area contributed by atoms with E-state index in [1.807, 2.05) is 22.6 Å². The number of methoxy groups -OCH3 is 1. The van der Waals surface area contributed by atoms with Crippen LogP contribution in [0, 0.1) is 3.57 Å². The highest BCUT2D eigenvalue weighted by Gasteiger charge is 2.40. The second kappa shape index (κ2) is 13.8. The fourth-order valence-corrected chi connectivity index (χ4v) is 5.30. The van der Waals surface area contributed by atoms with Gasteiger partial charge in [0.2, 0.25) is 11.8 Å². The highest BCUT2D eigenvalue weighted by Crippen LogP contribution is 2.37. The van der Waals surface area contributed by atoms with E-state index >= 15 is 0 Å². The summed E-state index contributed by atoms with van der Waals surface area (Å²) < 4.78 is 12.3. The van der Waals surface area contributed by atoms with E-state index in [1.165, 1.54) is 25.0 Å². The summed E-state index contributed by atoms with van der Waals surface area (Å²) >= 11 is 14.2. The van der Waals surface area contributed by atoms with Gasteiger partial charge in [-0.15, -0.1) is 0 Å². The normalized spacial score (nSPS) is 18.9. The largest absolute Gasteiger partial charge is 0.493 e. The molecule has 0 saturated carbocycles. The molecule has 12 heteroatoms. The number of ether oxygens (including phenoxy) is 2. The molecule has 38 heavy (non-hydrogen) atoms. The Kier molecular flexibility index (Phi) is 11.1. The first kappa shape index (κ1) is 30.5. The fourth-order valence-electron chi connectivity index (χ4n) is 4.19. The smallest absolute Gasteiger partial charge is 0.247 e. The molecule has 9 nitrogen and oxygen atoms in total. The van der Waals surface area contributed by atoms with Crippen LogP contribution in [0.1, 0.15) is 24.5 Å². The quantitative estimate of drug-likeness (QED) is 0.285. The van der Waals surface area contributed by atoms with Gasteiger partial charge in [0.15, 0.2) is 11.5 Å². The van der Waals surface area contributed by atoms with Gasteiger partial charge in [0.25, 0.3) is 0 Å². The summed E-state index contributed by atoms with van der Waals surface area (Å²) in [6.45, 7) is 1.09. The Morgan fingerprint density at radius 1 is 1.16 bits per heavy atom. The van der Waals surface area contributed by atoms with Crippen molar-refractivity contribution in [2.24, 2.45) is 0 Å². The van der Waals surface area contributed by atoms with Gasteiger partial charge < -0.3 is 35.0 Å². The molecule has 1 aliphatic carbocycles. The standard InChI is InChI=1S/C26H29Cl2IN2O7/c1-14(34)31(12-15-3-4-18(27)19(28)7-15)21-10-17(26(36)30-5-6-32)11-22(24(21)35)38-25-20(29)8-16(13-33)9-23(25)37-2/h3-4,7-9,11,21-22,24,32-33,35H,5-6,10,12-13H2,1-2H3,(H,30,36). The third-order valence-electron chi connectivity index (χ3n) is 6.08. The number of benzene rings is 2. The van der Waals surface area contributed by atoms with E-state index < -0.39 is 24.2 Å². The zero-order valence-electron chi connectivity index (χ0n) is 20.8. The van der Waals surface area contributed by atoms with Crippen LogP contribution < -0.4 is 14.8 Å². The zero-order valence-corrected chi connectivity index (χ0v) is 24.5. The van der Waals surface area contributed by atoms with Crippen LogP contribution in [-0.4, -0.2) is 70.5 Å². The number of carbonyl (C=O) groups excluding carboxylic acids is 2. The molecular formula is C26H29Cl2IN2O7. The number of aliphatic hydroxyl groups is 3. The topological polar surface area (TPSA) is 129 Å². The van der Waals surface area contributed by atoms with Gasteiger partial charge in [-0.25, -0.2) is 0 Å². The minimum Gasteiger partial charge on any atom is -0.493 e. The Hall–Kier alpha value is -2.09. The molecule has 3 unspecified atom stereocenters. The Morgan fingerprint density at radius 3 is 2.50 bits per heavy atom. The minimum absolute atomic E-state index is 0.0446. The fraction of sp³-hybridized carbons (Fsp3) is 0.385. The molecule has 2 aromatic rings. The van der Waals surface area contributed by atoms with E-state index in [1.54, 1.807) is 30.3 Å². The number of carbonyl (C=O) groups is 2. The summed E-state index contributed by atoms with van der Waals surface area (Å²) in [6, 6.07) is 7.51. The number of nitrogens with zero attached hydrogens (tertiary/aromatic N) is 1. The molecule has 0 aromatic heterocycles. The molecule has 2 amide bonds. The first-order valence-electron chi connectivity index (χ1n) is 11.7. The van der Waals surface area contributed by atoms with E-state index in [0.29, 0.717) is 41.8 Å². The minimum atomic E-state index is -1.21. The molecule has 0 radical (unpaired) electrons. The van der Waals surface area contributed by atoms with Gasteiger partial charge in [0.05, 0.1) is 40.0 Å². The van der Waals surface area contributed by atoms with Crippen LogP contribution in [0.4, 0.5) is 0 Å². The zero-order chi connectivity index (χ0) is 28.0. The predicted molar refractivity (Wildman–Crippen MR) is 151 cm³/mol. The maximum atomic E-state index is 12.9. The number of hydrogen-bond acceptors (Lipinski definition) is 7. The number of nitrogens with one attached hydrogen (secondary N) is 1. The monoisotopic (exact) mass is 678 g/mol. The van der Waals surface area contributed by atoms with Crippen molar-refractivity contribution in [3.63, 3.8) is 0 Å². The van der Waals surface area contributed by atoms with E-state index in [4.69, 9.17) is 37.8 Å². The van der Waals surface area contributed by atoms with Crippen LogP contribution in [0.5, 0.6) is 11.5 Å². The summed E-state index contributed by atoms with van der Waals surface area (Å²) in [6.07, 6.45) is -0.673. The summed E-state index contributed by atoms with van der Waals surface area (Å²) in [5.74, 6) is -0.107. The van der Waals surface area contributed by atoms with Gasteiger partial charge in [-0.05, 0) is 64.1 Å². The third-order valence-corrected chi connectivity index (χ3v) is 7.62. The maximum absolute atomic E-state index is 12.9. The predicted octanol–water partition coefficient (Wildman–Crippen LogP) is 3.06. The molecule has 2 aromatic carbocycles. The number of halogens is 3. The molecular weight excluding hydrogens is 650 g/mol. The molecule has 0 heterocycles. The molecule has 3 atom stereocenters.